The Morgan fingerprint density at radius 1 is 0.903 bits per heavy atom. The zero-order chi connectivity index (χ0) is 22.0. The molecule has 0 atom stereocenters. The summed E-state index contributed by atoms with van der Waals surface area (Å²) in [7, 11) is 0. The van der Waals surface area contributed by atoms with Crippen molar-refractivity contribution in [2.45, 2.75) is 24.0 Å². The lowest BCUT2D eigenvalue weighted by Crippen LogP contribution is -2.05. The van der Waals surface area contributed by atoms with Gasteiger partial charge in [0, 0.05) is 17.0 Å². The highest BCUT2D eigenvalue weighted by Crippen LogP contribution is 2.33. The minimum Gasteiger partial charge on any atom is -0.270 e. The van der Waals surface area contributed by atoms with E-state index in [9.17, 15) is 17.6 Å². The molecule has 4 rings (SSSR count). The van der Waals surface area contributed by atoms with Gasteiger partial charge in [-0.2, -0.15) is 13.2 Å². The molecule has 8 heteroatoms. The second kappa shape index (κ2) is 8.55. The minimum atomic E-state index is -4.39. The number of aromatic nitrogens is 3. The van der Waals surface area contributed by atoms with Crippen molar-refractivity contribution in [1.29, 1.82) is 0 Å². The molecule has 0 aliphatic heterocycles. The van der Waals surface area contributed by atoms with Crippen LogP contribution in [-0.4, -0.2) is 14.8 Å². The highest BCUT2D eigenvalue weighted by molar-refractivity contribution is 7.98. The first-order valence-corrected chi connectivity index (χ1v) is 10.4. The summed E-state index contributed by atoms with van der Waals surface area (Å²) in [5, 5.41) is 9.06. The van der Waals surface area contributed by atoms with Crippen molar-refractivity contribution in [2.75, 3.05) is 0 Å². The monoisotopic (exact) mass is 443 g/mol. The van der Waals surface area contributed by atoms with Gasteiger partial charge in [-0.1, -0.05) is 47.7 Å². The first kappa shape index (κ1) is 21.1. The van der Waals surface area contributed by atoms with E-state index in [2.05, 4.69) is 10.2 Å². The Morgan fingerprint density at radius 2 is 1.61 bits per heavy atom. The summed E-state index contributed by atoms with van der Waals surface area (Å²) < 4.78 is 54.2. The van der Waals surface area contributed by atoms with Gasteiger partial charge in [-0.3, -0.25) is 4.57 Å². The van der Waals surface area contributed by atoms with Gasteiger partial charge in [0.05, 0.1) is 5.56 Å². The first-order valence-electron chi connectivity index (χ1n) is 9.38. The number of aryl methyl sites for hydroxylation is 1. The van der Waals surface area contributed by atoms with Crippen molar-refractivity contribution in [3.05, 3.63) is 95.3 Å². The molecular formula is C23H17F4N3S. The number of benzene rings is 3. The molecule has 0 aliphatic carbocycles. The van der Waals surface area contributed by atoms with Gasteiger partial charge in [0.1, 0.15) is 5.82 Å². The van der Waals surface area contributed by atoms with E-state index >= 15 is 0 Å². The molecular weight excluding hydrogens is 426 g/mol. The summed E-state index contributed by atoms with van der Waals surface area (Å²) in [6, 6.07) is 18.9. The molecule has 0 bridgehead atoms. The predicted molar refractivity (Wildman–Crippen MR) is 112 cm³/mol. The molecule has 3 nitrogen and oxygen atoms in total. The number of alkyl halides is 3. The Kier molecular flexibility index (Phi) is 5.82. The third kappa shape index (κ3) is 4.80. The van der Waals surface area contributed by atoms with Crippen LogP contribution < -0.4 is 0 Å². The highest BCUT2D eigenvalue weighted by Gasteiger charge is 2.30. The molecule has 158 valence electrons. The molecule has 0 N–H and O–H groups in total. The Labute approximate surface area is 180 Å². The van der Waals surface area contributed by atoms with Crippen LogP contribution in [0.15, 0.2) is 78.0 Å². The maximum atomic E-state index is 13.4. The van der Waals surface area contributed by atoms with Crippen LogP contribution in [0.2, 0.25) is 0 Å². The van der Waals surface area contributed by atoms with E-state index in [1.165, 1.54) is 30.0 Å². The van der Waals surface area contributed by atoms with Crippen LogP contribution in [0.1, 0.15) is 16.7 Å². The number of rotatable bonds is 5. The Bertz CT molecular complexity index is 1180. The standard InChI is InChI=1S/C23H17F4N3S/c1-15-5-11-20(12-6-15)30-21(17-7-9-19(24)10-8-17)28-29-22(30)31-14-16-3-2-4-18(13-16)23(25,26)27/h2-13H,14H2,1H3. The van der Waals surface area contributed by atoms with Gasteiger partial charge in [0.2, 0.25) is 0 Å². The van der Waals surface area contributed by atoms with Gasteiger partial charge in [0.15, 0.2) is 11.0 Å². The predicted octanol–water partition coefficient (Wildman–Crippen LogP) is 6.69. The van der Waals surface area contributed by atoms with Gasteiger partial charge < -0.3 is 0 Å². The summed E-state index contributed by atoms with van der Waals surface area (Å²) in [6.07, 6.45) is -4.39. The van der Waals surface area contributed by atoms with E-state index in [0.717, 1.165) is 23.4 Å². The molecule has 1 aromatic heterocycles. The second-order valence-corrected chi connectivity index (χ2v) is 7.91. The normalized spacial score (nSPS) is 11.6. The second-order valence-electron chi connectivity index (χ2n) is 6.97. The fraction of sp³-hybridized carbons (Fsp3) is 0.130. The van der Waals surface area contributed by atoms with Crippen molar-refractivity contribution >= 4 is 11.8 Å². The molecule has 0 amide bonds. The molecule has 31 heavy (non-hydrogen) atoms. The fourth-order valence-electron chi connectivity index (χ4n) is 3.06. The van der Waals surface area contributed by atoms with Crippen LogP contribution >= 0.6 is 11.8 Å². The highest BCUT2D eigenvalue weighted by atomic mass is 32.2. The number of nitrogens with zero attached hydrogens (tertiary/aromatic N) is 3. The van der Waals surface area contributed by atoms with Gasteiger partial charge in [0.25, 0.3) is 0 Å². The van der Waals surface area contributed by atoms with Gasteiger partial charge in [-0.15, -0.1) is 10.2 Å². The molecule has 3 aromatic carbocycles. The lowest BCUT2D eigenvalue weighted by molar-refractivity contribution is -0.137. The molecule has 0 radical (unpaired) electrons. The number of halogens is 4. The Morgan fingerprint density at radius 3 is 2.29 bits per heavy atom. The summed E-state index contributed by atoms with van der Waals surface area (Å²) in [6.45, 7) is 1.97. The molecule has 1 heterocycles. The molecule has 0 saturated carbocycles. The van der Waals surface area contributed by atoms with Crippen LogP contribution in [0.25, 0.3) is 17.1 Å². The largest absolute Gasteiger partial charge is 0.416 e. The average Bonchev–Trinajstić information content (AvgIpc) is 3.17. The van der Waals surface area contributed by atoms with Gasteiger partial charge in [-0.05, 0) is 55.0 Å². The minimum absolute atomic E-state index is 0.289. The maximum Gasteiger partial charge on any atom is 0.416 e. The summed E-state index contributed by atoms with van der Waals surface area (Å²) >= 11 is 1.29. The van der Waals surface area contributed by atoms with Crippen molar-refractivity contribution in [2.24, 2.45) is 0 Å². The van der Waals surface area contributed by atoms with Crippen molar-refractivity contribution in [3.63, 3.8) is 0 Å². The van der Waals surface area contributed by atoms with Crippen molar-refractivity contribution < 1.29 is 17.6 Å². The van der Waals surface area contributed by atoms with Crippen molar-refractivity contribution in [3.8, 4) is 17.1 Å². The lowest BCUT2D eigenvalue weighted by atomic mass is 10.1. The number of hydrogen-bond acceptors (Lipinski definition) is 3. The van der Waals surface area contributed by atoms with E-state index in [-0.39, 0.29) is 11.6 Å². The summed E-state index contributed by atoms with van der Waals surface area (Å²) in [5.74, 6) is 0.455. The van der Waals surface area contributed by atoms with E-state index in [4.69, 9.17) is 0 Å². The van der Waals surface area contributed by atoms with Gasteiger partial charge >= 0.3 is 6.18 Å². The SMILES string of the molecule is Cc1ccc(-n2c(SCc3cccc(C(F)(F)F)c3)nnc2-c2ccc(F)cc2)cc1. The van der Waals surface area contributed by atoms with E-state index in [1.54, 1.807) is 18.2 Å². The topological polar surface area (TPSA) is 30.7 Å². The van der Waals surface area contributed by atoms with Gasteiger partial charge in [-0.25, -0.2) is 4.39 Å². The number of thioether (sulfide) groups is 1. The molecule has 0 unspecified atom stereocenters. The maximum absolute atomic E-state index is 13.4. The van der Waals surface area contributed by atoms with Crippen LogP contribution in [0.4, 0.5) is 17.6 Å². The van der Waals surface area contributed by atoms with Crippen LogP contribution in [0, 0.1) is 12.7 Å². The molecule has 0 spiro atoms. The third-order valence-electron chi connectivity index (χ3n) is 4.65. The van der Waals surface area contributed by atoms with E-state index in [1.807, 2.05) is 35.8 Å². The average molecular weight is 443 g/mol. The molecule has 0 aliphatic rings. The fourth-order valence-corrected chi connectivity index (χ4v) is 3.96. The molecule has 0 saturated heterocycles. The Hall–Kier alpha value is -3.13. The quantitative estimate of drug-likeness (QED) is 0.254. The number of hydrogen-bond donors (Lipinski definition) is 0. The van der Waals surface area contributed by atoms with E-state index in [0.29, 0.717) is 22.1 Å². The smallest absolute Gasteiger partial charge is 0.270 e. The molecule has 0 fully saturated rings. The summed E-state index contributed by atoms with van der Waals surface area (Å²) in [4.78, 5) is 0. The zero-order valence-electron chi connectivity index (χ0n) is 16.4. The first-order chi connectivity index (χ1) is 14.8. The summed E-state index contributed by atoms with van der Waals surface area (Å²) in [5.41, 5.74) is 2.42. The van der Waals surface area contributed by atoms with Crippen molar-refractivity contribution in [1.82, 2.24) is 14.8 Å². The van der Waals surface area contributed by atoms with E-state index < -0.39 is 11.7 Å². The molecule has 4 aromatic rings. The van der Waals surface area contributed by atoms with Crippen LogP contribution in [-0.2, 0) is 11.9 Å². The Balaban J connectivity index is 1.69. The van der Waals surface area contributed by atoms with Crippen LogP contribution in [0.5, 0.6) is 0 Å². The third-order valence-corrected chi connectivity index (χ3v) is 5.65. The van der Waals surface area contributed by atoms with Crippen LogP contribution in [0.3, 0.4) is 0 Å². The zero-order valence-corrected chi connectivity index (χ0v) is 17.2. The lowest BCUT2D eigenvalue weighted by Gasteiger charge is -2.11.